The molecule has 0 aliphatic heterocycles. The largest absolute Gasteiger partial charge is 0.463 e. The number of nitrogens with one attached hydrogen (secondary N) is 1. The third-order valence-corrected chi connectivity index (χ3v) is 3.24. The van der Waals surface area contributed by atoms with Crippen LogP contribution in [-0.2, 0) is 9.53 Å². The highest BCUT2D eigenvalue weighted by atomic mass is 16.5. The number of hydrogen-bond acceptors (Lipinski definition) is 4. The maximum absolute atomic E-state index is 12.4. The van der Waals surface area contributed by atoms with Gasteiger partial charge in [0.25, 0.3) is 0 Å². The predicted octanol–water partition coefficient (Wildman–Crippen LogP) is 2.94. The Morgan fingerprint density at radius 2 is 1.64 bits per heavy atom. The van der Waals surface area contributed by atoms with Crippen LogP contribution in [0.1, 0.15) is 11.6 Å². The lowest BCUT2D eigenvalue weighted by atomic mass is 10.1. The van der Waals surface area contributed by atoms with Gasteiger partial charge < -0.3 is 15.0 Å². The molecule has 1 N–H and O–H groups in total. The molecule has 2 aromatic carbocycles. The minimum absolute atomic E-state index is 0.267. The summed E-state index contributed by atoms with van der Waals surface area (Å²) >= 11 is 0. The number of carbonyl (C=O) groups is 1. The summed E-state index contributed by atoms with van der Waals surface area (Å²) < 4.78 is 5.40. The molecule has 4 heteroatoms. The molecule has 22 heavy (non-hydrogen) atoms. The van der Waals surface area contributed by atoms with Crippen molar-refractivity contribution < 1.29 is 9.53 Å². The van der Waals surface area contributed by atoms with E-state index >= 15 is 0 Å². The molecule has 116 valence electrons. The zero-order valence-electron chi connectivity index (χ0n) is 13.0. The van der Waals surface area contributed by atoms with Gasteiger partial charge in [0.2, 0.25) is 0 Å². The molecule has 0 aliphatic rings. The molecule has 0 aliphatic carbocycles. The van der Waals surface area contributed by atoms with E-state index in [0.29, 0.717) is 13.2 Å². The number of anilines is 1. The zero-order valence-corrected chi connectivity index (χ0v) is 13.0. The van der Waals surface area contributed by atoms with Gasteiger partial charge in [0.1, 0.15) is 6.61 Å². The van der Waals surface area contributed by atoms with Gasteiger partial charge in [0.15, 0.2) is 6.04 Å². The van der Waals surface area contributed by atoms with Crippen LogP contribution in [0.5, 0.6) is 0 Å². The molecule has 2 aromatic rings. The lowest BCUT2D eigenvalue weighted by Crippen LogP contribution is -2.26. The van der Waals surface area contributed by atoms with Gasteiger partial charge >= 0.3 is 5.97 Å². The molecule has 1 atom stereocenters. The molecular weight excluding hydrogens is 276 g/mol. The Hall–Kier alpha value is -2.33. The number of likely N-dealkylation sites (N-methyl/N-ethyl adjacent to an activating group) is 1. The second-order valence-electron chi connectivity index (χ2n) is 5.32. The summed E-state index contributed by atoms with van der Waals surface area (Å²) in [6.45, 7) is 1.09. The quantitative estimate of drug-likeness (QED) is 0.798. The molecule has 0 bridgehead atoms. The van der Waals surface area contributed by atoms with Crippen molar-refractivity contribution in [1.82, 2.24) is 4.90 Å². The van der Waals surface area contributed by atoms with Gasteiger partial charge in [-0.2, -0.15) is 0 Å². The van der Waals surface area contributed by atoms with E-state index in [1.807, 2.05) is 79.7 Å². The Morgan fingerprint density at radius 3 is 2.23 bits per heavy atom. The average Bonchev–Trinajstić information content (AvgIpc) is 2.54. The van der Waals surface area contributed by atoms with Crippen LogP contribution in [0.3, 0.4) is 0 Å². The Morgan fingerprint density at radius 1 is 1.05 bits per heavy atom. The fraction of sp³-hybridized carbons (Fsp3) is 0.278. The van der Waals surface area contributed by atoms with E-state index in [0.717, 1.165) is 11.3 Å². The summed E-state index contributed by atoms with van der Waals surface area (Å²) in [5.41, 5.74) is 1.78. The van der Waals surface area contributed by atoms with Gasteiger partial charge in [0.05, 0.1) is 0 Å². The topological polar surface area (TPSA) is 41.6 Å². The van der Waals surface area contributed by atoms with Crippen LogP contribution in [0.25, 0.3) is 0 Å². The van der Waals surface area contributed by atoms with Crippen LogP contribution in [0, 0.1) is 0 Å². The maximum atomic E-state index is 12.4. The van der Waals surface area contributed by atoms with Gasteiger partial charge in [-0.1, -0.05) is 48.5 Å². The highest BCUT2D eigenvalue weighted by Gasteiger charge is 2.21. The van der Waals surface area contributed by atoms with Crippen LogP contribution < -0.4 is 5.32 Å². The summed E-state index contributed by atoms with van der Waals surface area (Å²) in [5.74, 6) is -0.267. The lowest BCUT2D eigenvalue weighted by Gasteiger charge is -2.20. The van der Waals surface area contributed by atoms with Crippen molar-refractivity contribution in [3.05, 3.63) is 66.2 Å². The molecule has 0 fully saturated rings. The predicted molar refractivity (Wildman–Crippen MR) is 88.8 cm³/mol. The fourth-order valence-electron chi connectivity index (χ4n) is 2.04. The molecule has 0 radical (unpaired) electrons. The fourth-order valence-corrected chi connectivity index (χ4v) is 2.04. The lowest BCUT2D eigenvalue weighted by molar-refractivity contribution is -0.145. The standard InChI is InChI=1S/C18H22N2O2/c1-20(2)13-14-22-18(21)17(15-9-5-3-6-10-15)19-16-11-7-4-8-12-16/h3-12,17,19H,13-14H2,1-2H3. The van der Waals surface area contributed by atoms with Crippen LogP contribution in [0.2, 0.25) is 0 Å². The molecule has 0 heterocycles. The zero-order chi connectivity index (χ0) is 15.8. The third-order valence-electron chi connectivity index (χ3n) is 3.24. The van der Waals surface area contributed by atoms with Gasteiger partial charge in [-0.05, 0) is 31.8 Å². The van der Waals surface area contributed by atoms with Gasteiger partial charge in [-0.3, -0.25) is 0 Å². The van der Waals surface area contributed by atoms with E-state index < -0.39 is 6.04 Å². The summed E-state index contributed by atoms with van der Waals surface area (Å²) in [4.78, 5) is 14.4. The number of carbonyl (C=O) groups excluding carboxylic acids is 1. The number of esters is 1. The summed E-state index contributed by atoms with van der Waals surface area (Å²) in [6, 6.07) is 18.8. The van der Waals surface area contributed by atoms with Crippen LogP contribution >= 0.6 is 0 Å². The Bertz CT molecular complexity index is 570. The maximum Gasteiger partial charge on any atom is 0.333 e. The van der Waals surface area contributed by atoms with Crippen molar-refractivity contribution in [1.29, 1.82) is 0 Å². The molecular formula is C18H22N2O2. The van der Waals surface area contributed by atoms with E-state index in [2.05, 4.69) is 5.32 Å². The number of para-hydroxylation sites is 1. The van der Waals surface area contributed by atoms with Crippen molar-refractivity contribution in [3.8, 4) is 0 Å². The summed E-state index contributed by atoms with van der Waals surface area (Å²) in [6.07, 6.45) is 0. The first-order valence-electron chi connectivity index (χ1n) is 7.34. The van der Waals surface area contributed by atoms with Gasteiger partial charge in [-0.15, -0.1) is 0 Å². The smallest absolute Gasteiger partial charge is 0.333 e. The Balaban J connectivity index is 2.10. The van der Waals surface area contributed by atoms with Crippen LogP contribution in [0.4, 0.5) is 5.69 Å². The van der Waals surface area contributed by atoms with E-state index in [1.165, 1.54) is 0 Å². The second-order valence-corrected chi connectivity index (χ2v) is 5.32. The SMILES string of the molecule is CN(C)CCOC(=O)C(Nc1ccccc1)c1ccccc1. The van der Waals surface area contributed by atoms with E-state index in [1.54, 1.807) is 0 Å². The third kappa shape index (κ3) is 4.90. The second kappa shape index (κ2) is 8.20. The number of rotatable bonds is 7. The van der Waals surface area contributed by atoms with Gasteiger partial charge in [-0.25, -0.2) is 4.79 Å². The first-order chi connectivity index (χ1) is 10.7. The van der Waals surface area contributed by atoms with Crippen molar-refractivity contribution in [2.75, 3.05) is 32.6 Å². The highest BCUT2D eigenvalue weighted by molar-refractivity contribution is 5.81. The number of nitrogens with zero attached hydrogens (tertiary/aromatic N) is 1. The average molecular weight is 298 g/mol. The molecule has 0 saturated carbocycles. The first kappa shape index (κ1) is 16.0. The highest BCUT2D eigenvalue weighted by Crippen LogP contribution is 2.20. The molecule has 4 nitrogen and oxygen atoms in total. The van der Waals surface area contributed by atoms with Crippen molar-refractivity contribution in [2.45, 2.75) is 6.04 Å². The number of hydrogen-bond donors (Lipinski definition) is 1. The van der Waals surface area contributed by atoms with Crippen molar-refractivity contribution in [3.63, 3.8) is 0 Å². The van der Waals surface area contributed by atoms with Crippen molar-refractivity contribution >= 4 is 11.7 Å². The number of ether oxygens (including phenoxy) is 1. The molecule has 2 rings (SSSR count). The minimum atomic E-state index is -0.509. The Labute approximate surface area is 131 Å². The Kier molecular flexibility index (Phi) is 5.98. The van der Waals surface area contributed by atoms with Crippen LogP contribution in [-0.4, -0.2) is 38.1 Å². The molecule has 0 aromatic heterocycles. The molecule has 0 saturated heterocycles. The summed E-state index contributed by atoms with van der Waals surface area (Å²) in [7, 11) is 3.90. The van der Waals surface area contributed by atoms with E-state index in [4.69, 9.17) is 4.74 Å². The van der Waals surface area contributed by atoms with E-state index in [9.17, 15) is 4.79 Å². The first-order valence-corrected chi connectivity index (χ1v) is 7.34. The molecule has 0 spiro atoms. The van der Waals surface area contributed by atoms with Gasteiger partial charge in [0, 0.05) is 12.2 Å². The molecule has 0 amide bonds. The minimum Gasteiger partial charge on any atom is -0.463 e. The number of benzene rings is 2. The normalized spacial score (nSPS) is 12.0. The van der Waals surface area contributed by atoms with E-state index in [-0.39, 0.29) is 5.97 Å². The monoisotopic (exact) mass is 298 g/mol. The molecule has 1 unspecified atom stereocenters. The summed E-state index contributed by atoms with van der Waals surface area (Å²) in [5, 5.41) is 3.25. The van der Waals surface area contributed by atoms with Crippen LogP contribution in [0.15, 0.2) is 60.7 Å². The van der Waals surface area contributed by atoms with Crippen molar-refractivity contribution in [2.24, 2.45) is 0 Å².